The second kappa shape index (κ2) is 5.96. The van der Waals surface area contributed by atoms with E-state index in [9.17, 15) is 9.59 Å². The molecule has 2 aromatic rings. The third kappa shape index (κ3) is 3.03. The number of hydrogen-bond acceptors (Lipinski definition) is 4. The van der Waals surface area contributed by atoms with Crippen LogP contribution in [0.15, 0.2) is 35.4 Å². The number of benzene rings is 1. The van der Waals surface area contributed by atoms with Gasteiger partial charge in [0.25, 0.3) is 0 Å². The molecule has 1 aliphatic rings. The van der Waals surface area contributed by atoms with Gasteiger partial charge in [0.2, 0.25) is 5.91 Å². The number of aromatic carboxylic acids is 1. The Morgan fingerprint density at radius 2 is 2.04 bits per heavy atom. The Hall–Kier alpha value is -2.47. The quantitative estimate of drug-likeness (QED) is 0.936. The van der Waals surface area contributed by atoms with Crippen molar-refractivity contribution in [2.24, 2.45) is 5.10 Å². The number of anilines is 1. The number of nitrogens with zero attached hydrogens (tertiary/aromatic N) is 2. The molecular formula is C17H16N2O3S. The van der Waals surface area contributed by atoms with Gasteiger partial charge >= 0.3 is 5.97 Å². The third-order valence-electron chi connectivity index (χ3n) is 3.72. The van der Waals surface area contributed by atoms with Crippen LogP contribution >= 0.6 is 11.3 Å². The third-order valence-corrected chi connectivity index (χ3v) is 4.69. The minimum absolute atomic E-state index is 0.124. The topological polar surface area (TPSA) is 70.0 Å². The molecule has 1 aliphatic heterocycles. The molecule has 0 aliphatic carbocycles. The fourth-order valence-corrected chi connectivity index (χ4v) is 3.58. The molecule has 1 N–H and O–H groups in total. The summed E-state index contributed by atoms with van der Waals surface area (Å²) in [6.07, 6.45) is 0.968. The maximum Gasteiger partial charge on any atom is 0.335 e. The summed E-state index contributed by atoms with van der Waals surface area (Å²) in [6, 6.07) is 8.37. The van der Waals surface area contributed by atoms with E-state index in [1.165, 1.54) is 26.9 Å². The molecule has 0 atom stereocenters. The summed E-state index contributed by atoms with van der Waals surface area (Å²) in [5.74, 6) is -1.15. The molecule has 2 heterocycles. The Kier molecular flexibility index (Phi) is 4.00. The lowest BCUT2D eigenvalue weighted by molar-refractivity contribution is -0.118. The van der Waals surface area contributed by atoms with Gasteiger partial charge in [0.1, 0.15) is 0 Å². The number of thiophene rings is 1. The van der Waals surface area contributed by atoms with E-state index in [0.29, 0.717) is 18.5 Å². The van der Waals surface area contributed by atoms with Gasteiger partial charge in [0.05, 0.1) is 17.0 Å². The molecule has 1 amide bonds. The number of rotatable bonds is 3. The van der Waals surface area contributed by atoms with Crippen LogP contribution < -0.4 is 5.01 Å². The van der Waals surface area contributed by atoms with Crippen LogP contribution in [0.5, 0.6) is 0 Å². The Labute approximate surface area is 137 Å². The highest BCUT2D eigenvalue weighted by Crippen LogP contribution is 2.27. The van der Waals surface area contributed by atoms with Crippen LogP contribution in [0.25, 0.3) is 0 Å². The summed E-state index contributed by atoms with van der Waals surface area (Å²) in [5, 5.41) is 14.9. The molecule has 0 fully saturated rings. The summed E-state index contributed by atoms with van der Waals surface area (Å²) in [7, 11) is 0. The summed E-state index contributed by atoms with van der Waals surface area (Å²) in [5.41, 5.74) is 2.56. The van der Waals surface area contributed by atoms with Crippen molar-refractivity contribution in [2.45, 2.75) is 26.7 Å². The van der Waals surface area contributed by atoms with Crippen molar-refractivity contribution in [3.05, 3.63) is 51.2 Å². The van der Waals surface area contributed by atoms with Crippen molar-refractivity contribution in [1.82, 2.24) is 0 Å². The molecule has 0 saturated heterocycles. The van der Waals surface area contributed by atoms with Gasteiger partial charge in [-0.2, -0.15) is 5.10 Å². The van der Waals surface area contributed by atoms with Gasteiger partial charge in [-0.25, -0.2) is 9.80 Å². The van der Waals surface area contributed by atoms with Gasteiger partial charge in [-0.15, -0.1) is 11.3 Å². The second-order valence-electron chi connectivity index (χ2n) is 5.43. The number of aryl methyl sites for hydroxylation is 2. The summed E-state index contributed by atoms with van der Waals surface area (Å²) < 4.78 is 0. The molecule has 0 unspecified atom stereocenters. The van der Waals surface area contributed by atoms with Gasteiger partial charge in [-0.1, -0.05) is 6.07 Å². The molecule has 0 spiro atoms. The first kappa shape index (κ1) is 15.4. The van der Waals surface area contributed by atoms with E-state index < -0.39 is 5.97 Å². The number of hydrazone groups is 1. The van der Waals surface area contributed by atoms with Crippen molar-refractivity contribution in [3.8, 4) is 0 Å². The summed E-state index contributed by atoms with van der Waals surface area (Å²) in [4.78, 5) is 25.7. The van der Waals surface area contributed by atoms with Crippen molar-refractivity contribution in [3.63, 3.8) is 0 Å². The number of carboxylic acid groups (broad SMARTS) is 1. The van der Waals surface area contributed by atoms with Crippen LogP contribution in [-0.2, 0) is 4.79 Å². The molecule has 5 nitrogen and oxygen atoms in total. The first-order valence-electron chi connectivity index (χ1n) is 7.27. The Morgan fingerprint density at radius 1 is 1.26 bits per heavy atom. The van der Waals surface area contributed by atoms with Crippen LogP contribution in [0.3, 0.4) is 0 Å². The van der Waals surface area contributed by atoms with Crippen molar-refractivity contribution >= 4 is 34.6 Å². The molecule has 0 saturated carbocycles. The van der Waals surface area contributed by atoms with Crippen LogP contribution in [0.1, 0.15) is 38.5 Å². The number of carbonyl (C=O) groups excluding carboxylic acids is 1. The first-order valence-corrected chi connectivity index (χ1v) is 8.08. The van der Waals surface area contributed by atoms with E-state index in [4.69, 9.17) is 5.11 Å². The molecular weight excluding hydrogens is 312 g/mol. The van der Waals surface area contributed by atoms with E-state index in [1.807, 2.05) is 13.8 Å². The fourth-order valence-electron chi connectivity index (χ4n) is 2.64. The Morgan fingerprint density at radius 3 is 2.70 bits per heavy atom. The zero-order chi connectivity index (χ0) is 16.6. The monoisotopic (exact) mass is 328 g/mol. The lowest BCUT2D eigenvalue weighted by Gasteiger charge is -2.23. The van der Waals surface area contributed by atoms with E-state index in [0.717, 1.165) is 11.3 Å². The number of hydrogen-bond donors (Lipinski definition) is 1. The first-order chi connectivity index (χ1) is 11.0. The van der Waals surface area contributed by atoms with Crippen LogP contribution in [-0.4, -0.2) is 22.7 Å². The average molecular weight is 328 g/mol. The Bertz CT molecular complexity index is 823. The normalized spacial score (nSPS) is 14.8. The highest BCUT2D eigenvalue weighted by molar-refractivity contribution is 7.12. The number of carbonyl (C=O) groups is 2. The van der Waals surface area contributed by atoms with Gasteiger partial charge in [-0.3, -0.25) is 4.79 Å². The van der Waals surface area contributed by atoms with Crippen LogP contribution in [0.2, 0.25) is 0 Å². The standard InChI is InChI=1S/C17H16N2O3S/c1-10-8-14(11(2)23-10)15-6-7-16(20)19(18-15)13-5-3-4-12(9-13)17(21)22/h3-5,8-9H,6-7H2,1-2H3,(H,21,22). The summed E-state index contributed by atoms with van der Waals surface area (Å²) in [6.45, 7) is 4.09. The number of amides is 1. The maximum atomic E-state index is 12.2. The van der Waals surface area contributed by atoms with Crippen molar-refractivity contribution in [1.29, 1.82) is 0 Å². The highest BCUT2D eigenvalue weighted by Gasteiger charge is 2.24. The van der Waals surface area contributed by atoms with Crippen molar-refractivity contribution < 1.29 is 14.7 Å². The molecule has 0 radical (unpaired) electrons. The lowest BCUT2D eigenvalue weighted by atomic mass is 10.0. The second-order valence-corrected chi connectivity index (χ2v) is 6.90. The molecule has 118 valence electrons. The zero-order valence-corrected chi connectivity index (χ0v) is 13.7. The average Bonchev–Trinajstić information content (AvgIpc) is 2.86. The molecule has 23 heavy (non-hydrogen) atoms. The van der Waals surface area contributed by atoms with E-state index in [-0.39, 0.29) is 11.5 Å². The molecule has 0 bridgehead atoms. The Balaban J connectivity index is 2.02. The van der Waals surface area contributed by atoms with Gasteiger partial charge in [0.15, 0.2) is 0 Å². The van der Waals surface area contributed by atoms with Crippen molar-refractivity contribution in [2.75, 3.05) is 5.01 Å². The molecule has 1 aromatic carbocycles. The minimum Gasteiger partial charge on any atom is -0.478 e. The van der Waals surface area contributed by atoms with E-state index in [2.05, 4.69) is 11.2 Å². The largest absolute Gasteiger partial charge is 0.478 e. The highest BCUT2D eigenvalue weighted by atomic mass is 32.1. The van der Waals surface area contributed by atoms with Gasteiger partial charge in [-0.05, 0) is 38.1 Å². The summed E-state index contributed by atoms with van der Waals surface area (Å²) >= 11 is 1.71. The SMILES string of the molecule is Cc1cc(C2=NN(c3cccc(C(=O)O)c3)C(=O)CC2)c(C)s1. The van der Waals surface area contributed by atoms with Crippen LogP contribution in [0, 0.1) is 13.8 Å². The predicted molar refractivity (Wildman–Crippen MR) is 90.5 cm³/mol. The predicted octanol–water partition coefficient (Wildman–Crippen LogP) is 3.59. The minimum atomic E-state index is -1.02. The van der Waals surface area contributed by atoms with Gasteiger partial charge < -0.3 is 5.11 Å². The molecule has 1 aromatic heterocycles. The molecule has 6 heteroatoms. The van der Waals surface area contributed by atoms with E-state index >= 15 is 0 Å². The fraction of sp³-hybridized carbons (Fsp3) is 0.235. The number of carboxylic acids is 1. The molecule has 3 rings (SSSR count). The zero-order valence-electron chi connectivity index (χ0n) is 12.9. The van der Waals surface area contributed by atoms with Crippen LogP contribution in [0.4, 0.5) is 5.69 Å². The van der Waals surface area contributed by atoms with E-state index in [1.54, 1.807) is 23.5 Å². The lowest BCUT2D eigenvalue weighted by Crippen LogP contribution is -2.32. The van der Waals surface area contributed by atoms with Gasteiger partial charge in [0, 0.05) is 28.2 Å². The maximum absolute atomic E-state index is 12.2. The smallest absolute Gasteiger partial charge is 0.335 e.